The van der Waals surface area contributed by atoms with Crippen molar-refractivity contribution in [3.8, 4) is 0 Å². The number of rotatable bonds is 22. The molecule has 0 aromatic rings. The van der Waals surface area contributed by atoms with Gasteiger partial charge in [-0.2, -0.15) is 0 Å². The van der Waals surface area contributed by atoms with Crippen molar-refractivity contribution < 1.29 is 28.4 Å². The van der Waals surface area contributed by atoms with E-state index in [1.54, 1.807) is 0 Å². The Balaban J connectivity index is 1.75. The fourth-order valence-electron chi connectivity index (χ4n) is 4.91. The number of hydrogen-bond acceptors (Lipinski definition) is 6. The van der Waals surface area contributed by atoms with Gasteiger partial charge in [-0.1, -0.05) is 13.8 Å². The van der Waals surface area contributed by atoms with E-state index in [1.165, 1.54) is 0 Å². The molecule has 0 aromatic heterocycles. The monoisotopic (exact) mass is 528 g/mol. The third kappa shape index (κ3) is 15.2. The topological polar surface area (TPSA) is 62.0 Å². The van der Waals surface area contributed by atoms with Gasteiger partial charge in [-0.25, -0.2) is 0 Å². The maximum atomic E-state index is 6.56. The molecule has 2 rings (SSSR count). The lowest BCUT2D eigenvalue weighted by Crippen LogP contribution is -2.42. The summed E-state index contributed by atoms with van der Waals surface area (Å²) in [5.74, 6) is 1.01. The Labute approximate surface area is 228 Å². The Morgan fingerprint density at radius 2 is 1.14 bits per heavy atom. The molecule has 37 heavy (non-hydrogen) atoms. The highest BCUT2D eigenvalue weighted by atomic mass is 16.6. The molecular formula is C31H60O6. The molecule has 0 spiro atoms. The SMILES string of the molecule is CC(C)CC(CC(C)(C)OCCCC(C)(C)OCCC1CO1)C(C)(C)OCCC(C)(C)OCCC1CO1. The molecular weight excluding hydrogens is 468 g/mol. The summed E-state index contributed by atoms with van der Waals surface area (Å²) in [5.41, 5.74) is -0.753. The van der Waals surface area contributed by atoms with Crippen LogP contribution in [0.15, 0.2) is 0 Å². The van der Waals surface area contributed by atoms with E-state index in [4.69, 9.17) is 28.4 Å². The number of ether oxygens (including phenoxy) is 6. The van der Waals surface area contributed by atoms with Crippen molar-refractivity contribution in [2.45, 2.75) is 149 Å². The van der Waals surface area contributed by atoms with Crippen LogP contribution >= 0.6 is 0 Å². The molecule has 220 valence electrons. The van der Waals surface area contributed by atoms with Crippen molar-refractivity contribution in [2.75, 3.05) is 39.6 Å². The molecule has 2 aliphatic heterocycles. The molecule has 2 aliphatic rings. The number of epoxide rings is 2. The van der Waals surface area contributed by atoms with Gasteiger partial charge in [0, 0.05) is 19.8 Å². The van der Waals surface area contributed by atoms with Crippen LogP contribution in [0.25, 0.3) is 0 Å². The lowest BCUT2D eigenvalue weighted by atomic mass is 9.77. The zero-order valence-corrected chi connectivity index (χ0v) is 26.0. The molecule has 6 heteroatoms. The third-order valence-electron chi connectivity index (χ3n) is 7.74. The third-order valence-corrected chi connectivity index (χ3v) is 7.74. The predicted molar refractivity (Wildman–Crippen MR) is 150 cm³/mol. The normalized spacial score (nSPS) is 21.5. The van der Waals surface area contributed by atoms with Gasteiger partial charge in [-0.15, -0.1) is 0 Å². The van der Waals surface area contributed by atoms with Crippen LogP contribution in [0.4, 0.5) is 0 Å². The van der Waals surface area contributed by atoms with Crippen LogP contribution in [-0.2, 0) is 28.4 Å². The fraction of sp³-hybridized carbons (Fsp3) is 1.00. The van der Waals surface area contributed by atoms with Gasteiger partial charge in [0.1, 0.15) is 0 Å². The van der Waals surface area contributed by atoms with Crippen LogP contribution in [0.3, 0.4) is 0 Å². The van der Waals surface area contributed by atoms with Crippen molar-refractivity contribution >= 4 is 0 Å². The standard InChI is InChI=1S/C31H60O6/c1-24(2)20-25(31(9,10)37-19-15-29(5,6)36-18-13-27-23-33-27)21-30(7,8)34-16-11-14-28(3,4)35-17-12-26-22-32-26/h24-27H,11-23H2,1-10H3. The summed E-state index contributed by atoms with van der Waals surface area (Å²) in [5, 5.41) is 0. The zero-order chi connectivity index (χ0) is 27.7. The Morgan fingerprint density at radius 1 is 0.649 bits per heavy atom. The van der Waals surface area contributed by atoms with E-state index in [1.807, 2.05) is 0 Å². The Morgan fingerprint density at radius 3 is 1.62 bits per heavy atom. The molecule has 2 fully saturated rings. The zero-order valence-electron chi connectivity index (χ0n) is 26.0. The van der Waals surface area contributed by atoms with Gasteiger partial charge >= 0.3 is 0 Å². The Hall–Kier alpha value is -0.240. The molecule has 3 unspecified atom stereocenters. The van der Waals surface area contributed by atoms with Crippen molar-refractivity contribution in [2.24, 2.45) is 11.8 Å². The van der Waals surface area contributed by atoms with E-state index >= 15 is 0 Å². The van der Waals surface area contributed by atoms with E-state index in [-0.39, 0.29) is 22.4 Å². The van der Waals surface area contributed by atoms with Gasteiger partial charge in [0.15, 0.2) is 0 Å². The smallest absolute Gasteiger partial charge is 0.0831 e. The van der Waals surface area contributed by atoms with Crippen molar-refractivity contribution in [3.05, 3.63) is 0 Å². The van der Waals surface area contributed by atoms with E-state index in [0.29, 0.717) is 30.7 Å². The maximum absolute atomic E-state index is 6.56. The first kappa shape index (κ1) is 33.0. The van der Waals surface area contributed by atoms with Gasteiger partial charge < -0.3 is 28.4 Å². The Bertz CT molecular complexity index is 634. The average molecular weight is 529 g/mol. The van der Waals surface area contributed by atoms with E-state index in [0.717, 1.165) is 78.0 Å². The van der Waals surface area contributed by atoms with Gasteiger partial charge in [0.2, 0.25) is 0 Å². The summed E-state index contributed by atoms with van der Waals surface area (Å²) in [6.07, 6.45) is 7.79. The highest BCUT2D eigenvalue weighted by molar-refractivity contribution is 4.87. The van der Waals surface area contributed by atoms with Gasteiger partial charge in [0.25, 0.3) is 0 Å². The number of hydrogen-bond donors (Lipinski definition) is 0. The lowest BCUT2D eigenvalue weighted by molar-refractivity contribution is -0.119. The van der Waals surface area contributed by atoms with Crippen LogP contribution < -0.4 is 0 Å². The first-order valence-electron chi connectivity index (χ1n) is 14.9. The molecule has 0 aromatic carbocycles. The van der Waals surface area contributed by atoms with Crippen LogP contribution in [0, 0.1) is 11.8 Å². The predicted octanol–water partition coefficient (Wildman–Crippen LogP) is 6.97. The molecule has 0 N–H and O–H groups in total. The molecule has 6 nitrogen and oxygen atoms in total. The summed E-state index contributed by atoms with van der Waals surface area (Å²) in [6.45, 7) is 27.0. The summed E-state index contributed by atoms with van der Waals surface area (Å²) in [7, 11) is 0. The molecule has 0 radical (unpaired) electrons. The second-order valence-electron chi connectivity index (χ2n) is 14.1. The van der Waals surface area contributed by atoms with Crippen molar-refractivity contribution in [3.63, 3.8) is 0 Å². The maximum Gasteiger partial charge on any atom is 0.0831 e. The van der Waals surface area contributed by atoms with Crippen LogP contribution in [0.5, 0.6) is 0 Å². The minimum atomic E-state index is -0.232. The minimum absolute atomic E-state index is 0.123. The average Bonchev–Trinajstić information content (AvgIpc) is 3.66. The summed E-state index contributed by atoms with van der Waals surface area (Å²) >= 11 is 0. The first-order chi connectivity index (χ1) is 17.1. The molecule has 0 aliphatic carbocycles. The molecule has 2 heterocycles. The lowest BCUT2D eigenvalue weighted by Gasteiger charge is -2.41. The fourth-order valence-corrected chi connectivity index (χ4v) is 4.91. The molecule has 0 amide bonds. The summed E-state index contributed by atoms with van der Waals surface area (Å²) < 4.78 is 35.8. The van der Waals surface area contributed by atoms with E-state index < -0.39 is 0 Å². The second kappa shape index (κ2) is 14.4. The highest BCUT2D eigenvalue weighted by Crippen LogP contribution is 2.36. The largest absolute Gasteiger partial charge is 0.376 e. The molecule has 0 saturated carbocycles. The second-order valence-corrected chi connectivity index (χ2v) is 14.1. The quantitative estimate of drug-likeness (QED) is 0.112. The van der Waals surface area contributed by atoms with Crippen LogP contribution in [0.1, 0.15) is 114 Å². The van der Waals surface area contributed by atoms with Crippen LogP contribution in [0.2, 0.25) is 0 Å². The summed E-state index contributed by atoms with van der Waals surface area (Å²) in [4.78, 5) is 0. The highest BCUT2D eigenvalue weighted by Gasteiger charge is 2.36. The minimum Gasteiger partial charge on any atom is -0.376 e. The van der Waals surface area contributed by atoms with Crippen molar-refractivity contribution in [1.82, 2.24) is 0 Å². The van der Waals surface area contributed by atoms with E-state index in [2.05, 4.69) is 69.2 Å². The van der Waals surface area contributed by atoms with Crippen LogP contribution in [-0.4, -0.2) is 74.3 Å². The summed E-state index contributed by atoms with van der Waals surface area (Å²) in [6, 6.07) is 0. The Kier molecular flexibility index (Phi) is 12.8. The van der Waals surface area contributed by atoms with Gasteiger partial charge in [-0.05, 0) is 112 Å². The van der Waals surface area contributed by atoms with Gasteiger partial charge in [-0.3, -0.25) is 0 Å². The van der Waals surface area contributed by atoms with Gasteiger partial charge in [0.05, 0.1) is 54.4 Å². The van der Waals surface area contributed by atoms with E-state index in [9.17, 15) is 0 Å². The molecule has 2 saturated heterocycles. The molecule has 3 atom stereocenters. The first-order valence-corrected chi connectivity index (χ1v) is 14.9. The molecule has 0 bridgehead atoms. The van der Waals surface area contributed by atoms with Crippen molar-refractivity contribution in [1.29, 1.82) is 0 Å².